The molecule has 0 spiro atoms. The van der Waals surface area contributed by atoms with Crippen LogP contribution in [0, 0.1) is 6.92 Å². The number of hydrogen-bond donors (Lipinski definition) is 1. The first kappa shape index (κ1) is 20.9. The van der Waals surface area contributed by atoms with Crippen molar-refractivity contribution in [1.82, 2.24) is 9.88 Å². The maximum Gasteiger partial charge on any atom is 0.324 e. The predicted octanol–water partition coefficient (Wildman–Crippen LogP) is 5.13. The molecule has 0 aliphatic carbocycles. The number of carbonyl (C=O) groups is 2. The number of halogens is 1. The van der Waals surface area contributed by atoms with Crippen LogP contribution in [0.1, 0.15) is 27.9 Å². The fraction of sp³-hybridized carbons (Fsp3) is 0.208. The lowest BCUT2D eigenvalue weighted by molar-refractivity contribution is 0.102. The van der Waals surface area contributed by atoms with Gasteiger partial charge in [-0.2, -0.15) is 0 Å². The summed E-state index contributed by atoms with van der Waals surface area (Å²) in [4.78, 5) is 33.4. The molecule has 1 N–H and O–H groups in total. The highest BCUT2D eigenvalue weighted by atomic mass is 35.5. The second kappa shape index (κ2) is 9.18. The van der Waals surface area contributed by atoms with E-state index in [-0.39, 0.29) is 11.9 Å². The van der Waals surface area contributed by atoms with Gasteiger partial charge in [-0.25, -0.2) is 9.78 Å². The molecule has 0 bridgehead atoms. The van der Waals surface area contributed by atoms with E-state index in [0.717, 1.165) is 12.0 Å². The van der Waals surface area contributed by atoms with Gasteiger partial charge >= 0.3 is 6.03 Å². The van der Waals surface area contributed by atoms with E-state index in [1.165, 1.54) is 11.8 Å². The number of aromatic nitrogens is 1. The molecule has 4 rings (SSSR count). The van der Waals surface area contributed by atoms with Crippen molar-refractivity contribution in [1.29, 1.82) is 0 Å². The van der Waals surface area contributed by atoms with Crippen LogP contribution in [-0.4, -0.2) is 34.9 Å². The Labute approximate surface area is 186 Å². The molecule has 158 valence electrons. The summed E-state index contributed by atoms with van der Waals surface area (Å²) in [5, 5.41) is 3.25. The van der Waals surface area contributed by atoms with Crippen molar-refractivity contribution >= 4 is 35.0 Å². The molecule has 1 aliphatic heterocycles. The molecular formula is C24H23ClN4O2. The van der Waals surface area contributed by atoms with E-state index in [2.05, 4.69) is 34.6 Å². The van der Waals surface area contributed by atoms with Gasteiger partial charge in [-0.05, 0) is 49.2 Å². The number of rotatable bonds is 5. The zero-order chi connectivity index (χ0) is 21.8. The third-order valence-electron chi connectivity index (χ3n) is 5.19. The topological polar surface area (TPSA) is 65.5 Å². The van der Waals surface area contributed by atoms with E-state index in [4.69, 9.17) is 11.6 Å². The molecule has 3 amide bonds. The van der Waals surface area contributed by atoms with Crippen molar-refractivity contribution in [2.24, 2.45) is 0 Å². The Bertz CT molecular complexity index is 1080. The lowest BCUT2D eigenvalue weighted by Gasteiger charge is -2.36. The molecule has 0 radical (unpaired) electrons. The van der Waals surface area contributed by atoms with Crippen molar-refractivity contribution in [2.45, 2.75) is 19.9 Å². The predicted molar refractivity (Wildman–Crippen MR) is 123 cm³/mol. The van der Waals surface area contributed by atoms with Crippen LogP contribution in [0.3, 0.4) is 0 Å². The van der Waals surface area contributed by atoms with Crippen LogP contribution >= 0.6 is 11.6 Å². The normalized spacial score (nSPS) is 13.9. The average Bonchev–Trinajstić information content (AvgIpc) is 2.78. The summed E-state index contributed by atoms with van der Waals surface area (Å²) in [6.45, 7) is 3.94. The van der Waals surface area contributed by atoms with Gasteiger partial charge in [0.1, 0.15) is 5.82 Å². The highest BCUT2D eigenvalue weighted by Gasteiger charge is 2.27. The maximum atomic E-state index is 13.1. The van der Waals surface area contributed by atoms with Crippen LogP contribution in [0.5, 0.6) is 0 Å². The summed E-state index contributed by atoms with van der Waals surface area (Å²) < 4.78 is 0. The number of amides is 3. The Morgan fingerprint density at radius 3 is 2.65 bits per heavy atom. The lowest BCUT2D eigenvalue weighted by Crippen LogP contribution is -2.49. The van der Waals surface area contributed by atoms with Gasteiger partial charge in [0.15, 0.2) is 0 Å². The number of nitrogens with one attached hydrogen (secondary N) is 1. The first-order valence-electron chi connectivity index (χ1n) is 10.1. The van der Waals surface area contributed by atoms with Gasteiger partial charge in [-0.3, -0.25) is 9.69 Å². The molecule has 31 heavy (non-hydrogen) atoms. The fourth-order valence-corrected chi connectivity index (χ4v) is 3.65. The summed E-state index contributed by atoms with van der Waals surface area (Å²) in [6, 6.07) is 18.6. The minimum absolute atomic E-state index is 0.0521. The number of benzene rings is 2. The van der Waals surface area contributed by atoms with Crippen LogP contribution in [0.2, 0.25) is 5.02 Å². The van der Waals surface area contributed by atoms with Gasteiger partial charge in [0.05, 0.1) is 5.02 Å². The molecule has 2 aromatic carbocycles. The smallest absolute Gasteiger partial charge is 0.320 e. The Hall–Kier alpha value is -3.38. The standard InChI is InChI=1S/C24H23ClN4O2/c1-17-6-8-18(9-7-17)16-28-12-3-13-29(24(28)31)21-5-2-4-19(14-21)23(30)27-22-11-10-20(25)15-26-22/h2,4-11,14-15H,3,12-13,16H2,1H3,(H,26,27,30). The third kappa shape index (κ3) is 5.03. The molecule has 1 saturated heterocycles. The lowest BCUT2D eigenvalue weighted by atomic mass is 10.1. The number of anilines is 2. The maximum absolute atomic E-state index is 13.1. The molecular weight excluding hydrogens is 412 g/mol. The number of carbonyl (C=O) groups excluding carboxylic acids is 2. The second-order valence-corrected chi connectivity index (χ2v) is 8.00. The fourth-order valence-electron chi connectivity index (χ4n) is 3.54. The molecule has 2 heterocycles. The molecule has 0 unspecified atom stereocenters. The van der Waals surface area contributed by atoms with Crippen LogP contribution < -0.4 is 10.2 Å². The molecule has 6 nitrogen and oxygen atoms in total. The molecule has 1 aromatic heterocycles. The van der Waals surface area contributed by atoms with Crippen molar-refractivity contribution in [2.75, 3.05) is 23.3 Å². The first-order chi connectivity index (χ1) is 15.0. The Morgan fingerprint density at radius 1 is 1.10 bits per heavy atom. The van der Waals surface area contributed by atoms with E-state index < -0.39 is 0 Å². The number of hydrogen-bond acceptors (Lipinski definition) is 3. The zero-order valence-corrected chi connectivity index (χ0v) is 18.0. The van der Waals surface area contributed by atoms with E-state index in [1.807, 2.05) is 17.9 Å². The second-order valence-electron chi connectivity index (χ2n) is 7.56. The monoisotopic (exact) mass is 434 g/mol. The third-order valence-corrected chi connectivity index (χ3v) is 5.42. The Morgan fingerprint density at radius 2 is 1.90 bits per heavy atom. The van der Waals surface area contributed by atoms with E-state index in [0.29, 0.717) is 41.7 Å². The highest BCUT2D eigenvalue weighted by Crippen LogP contribution is 2.23. The number of nitrogens with zero attached hydrogens (tertiary/aromatic N) is 3. The van der Waals surface area contributed by atoms with Gasteiger partial charge in [0, 0.05) is 37.1 Å². The minimum atomic E-state index is -0.294. The van der Waals surface area contributed by atoms with Crippen molar-refractivity contribution < 1.29 is 9.59 Å². The summed E-state index contributed by atoms with van der Waals surface area (Å²) in [5.41, 5.74) is 3.46. The van der Waals surface area contributed by atoms with Crippen LogP contribution in [0.4, 0.5) is 16.3 Å². The summed E-state index contributed by atoms with van der Waals surface area (Å²) >= 11 is 5.84. The molecule has 0 saturated carbocycles. The Kier molecular flexibility index (Phi) is 6.18. The summed E-state index contributed by atoms with van der Waals surface area (Å²) in [6.07, 6.45) is 2.34. The van der Waals surface area contributed by atoms with E-state index >= 15 is 0 Å². The number of aryl methyl sites for hydroxylation is 1. The van der Waals surface area contributed by atoms with Crippen LogP contribution in [-0.2, 0) is 6.54 Å². The number of pyridine rings is 1. The largest absolute Gasteiger partial charge is 0.324 e. The molecule has 3 aromatic rings. The Balaban J connectivity index is 1.48. The molecule has 1 fully saturated rings. The van der Waals surface area contributed by atoms with E-state index in [1.54, 1.807) is 35.2 Å². The van der Waals surface area contributed by atoms with Gasteiger partial charge in [-0.15, -0.1) is 0 Å². The van der Waals surface area contributed by atoms with Crippen LogP contribution in [0.15, 0.2) is 66.9 Å². The van der Waals surface area contributed by atoms with Gasteiger partial charge in [0.2, 0.25) is 0 Å². The summed E-state index contributed by atoms with van der Waals surface area (Å²) in [7, 11) is 0. The average molecular weight is 435 g/mol. The SMILES string of the molecule is Cc1ccc(CN2CCCN(c3cccc(C(=O)Nc4ccc(Cl)cn4)c3)C2=O)cc1. The van der Waals surface area contributed by atoms with Crippen molar-refractivity contribution in [3.05, 3.63) is 88.6 Å². The summed E-state index contributed by atoms with van der Waals surface area (Å²) in [5.74, 6) is 0.121. The quantitative estimate of drug-likeness (QED) is 0.605. The highest BCUT2D eigenvalue weighted by molar-refractivity contribution is 6.30. The van der Waals surface area contributed by atoms with Crippen molar-refractivity contribution in [3.63, 3.8) is 0 Å². The first-order valence-corrected chi connectivity index (χ1v) is 10.5. The van der Waals surface area contributed by atoms with Gasteiger partial charge in [0.25, 0.3) is 5.91 Å². The van der Waals surface area contributed by atoms with E-state index in [9.17, 15) is 9.59 Å². The minimum Gasteiger partial charge on any atom is -0.320 e. The zero-order valence-electron chi connectivity index (χ0n) is 17.2. The number of urea groups is 1. The van der Waals surface area contributed by atoms with Gasteiger partial charge in [-0.1, -0.05) is 47.5 Å². The van der Waals surface area contributed by atoms with Crippen LogP contribution in [0.25, 0.3) is 0 Å². The van der Waals surface area contributed by atoms with Crippen molar-refractivity contribution in [3.8, 4) is 0 Å². The van der Waals surface area contributed by atoms with Gasteiger partial charge < -0.3 is 10.2 Å². The molecule has 7 heteroatoms. The molecule has 1 aliphatic rings. The molecule has 0 atom stereocenters.